The van der Waals surface area contributed by atoms with Gasteiger partial charge in [-0.15, -0.1) is 0 Å². The van der Waals surface area contributed by atoms with E-state index >= 15 is 0 Å². The van der Waals surface area contributed by atoms with Crippen LogP contribution >= 0.6 is 0 Å². The number of aldehydes is 1. The molecule has 0 amide bonds. The van der Waals surface area contributed by atoms with E-state index in [1.165, 1.54) is 6.33 Å². The van der Waals surface area contributed by atoms with Crippen molar-refractivity contribution in [1.29, 1.82) is 0 Å². The lowest BCUT2D eigenvalue weighted by Crippen LogP contribution is -1.89. The molecular formula is C10H8N2O. The van der Waals surface area contributed by atoms with Crippen molar-refractivity contribution in [2.75, 3.05) is 0 Å². The van der Waals surface area contributed by atoms with Crippen LogP contribution in [0.4, 0.5) is 0 Å². The van der Waals surface area contributed by atoms with Crippen molar-refractivity contribution in [3.05, 3.63) is 35.8 Å². The topological polar surface area (TPSA) is 42.9 Å². The lowest BCUT2D eigenvalue weighted by atomic mass is 10.1. The van der Waals surface area contributed by atoms with Crippen molar-refractivity contribution in [2.24, 2.45) is 0 Å². The van der Waals surface area contributed by atoms with E-state index in [4.69, 9.17) is 0 Å². The van der Waals surface area contributed by atoms with Gasteiger partial charge in [-0.2, -0.15) is 0 Å². The summed E-state index contributed by atoms with van der Waals surface area (Å²) in [5.74, 6) is 0. The first-order chi connectivity index (χ1) is 6.31. The van der Waals surface area contributed by atoms with Crippen LogP contribution in [0.3, 0.4) is 0 Å². The van der Waals surface area contributed by atoms with Gasteiger partial charge in [-0.1, -0.05) is 0 Å². The van der Waals surface area contributed by atoms with Crippen LogP contribution in [0.15, 0.2) is 24.7 Å². The molecule has 64 valence electrons. The average Bonchev–Trinajstić information content (AvgIpc) is 2.16. The number of hydrogen-bond acceptors (Lipinski definition) is 3. The van der Waals surface area contributed by atoms with E-state index in [2.05, 4.69) is 9.97 Å². The van der Waals surface area contributed by atoms with Crippen molar-refractivity contribution in [3.63, 3.8) is 0 Å². The Kier molecular flexibility index (Phi) is 1.77. The first-order valence-electron chi connectivity index (χ1n) is 3.97. The van der Waals surface area contributed by atoms with E-state index in [0.29, 0.717) is 5.56 Å². The van der Waals surface area contributed by atoms with Gasteiger partial charge in [-0.3, -0.25) is 4.79 Å². The van der Waals surface area contributed by atoms with Crippen LogP contribution in [0, 0.1) is 6.92 Å². The van der Waals surface area contributed by atoms with E-state index in [1.807, 2.05) is 19.1 Å². The number of carbonyl (C=O) groups excluding carboxylic acids is 1. The summed E-state index contributed by atoms with van der Waals surface area (Å²) in [5.41, 5.74) is 2.39. The molecule has 1 aromatic carbocycles. The largest absolute Gasteiger partial charge is 0.298 e. The third kappa shape index (κ3) is 1.28. The van der Waals surface area contributed by atoms with Gasteiger partial charge < -0.3 is 0 Å². The van der Waals surface area contributed by atoms with Crippen LogP contribution in [-0.4, -0.2) is 16.3 Å². The zero-order chi connectivity index (χ0) is 9.26. The maximum absolute atomic E-state index is 10.7. The van der Waals surface area contributed by atoms with Gasteiger partial charge in [0.15, 0.2) is 6.29 Å². The minimum atomic E-state index is 0.623. The van der Waals surface area contributed by atoms with Crippen LogP contribution < -0.4 is 0 Å². The molecule has 0 aliphatic rings. The van der Waals surface area contributed by atoms with Crippen molar-refractivity contribution >= 4 is 17.2 Å². The molecule has 0 radical (unpaired) electrons. The molecule has 13 heavy (non-hydrogen) atoms. The fraction of sp³-hybridized carbons (Fsp3) is 0.100. The summed E-state index contributed by atoms with van der Waals surface area (Å²) >= 11 is 0. The van der Waals surface area contributed by atoms with E-state index in [0.717, 1.165) is 22.8 Å². The molecule has 0 bridgehead atoms. The number of hydrogen-bond donors (Lipinski definition) is 0. The molecule has 0 atom stereocenters. The van der Waals surface area contributed by atoms with Gasteiger partial charge in [0.05, 0.1) is 5.52 Å². The van der Waals surface area contributed by atoms with Gasteiger partial charge in [-0.05, 0) is 24.6 Å². The van der Waals surface area contributed by atoms with E-state index in [-0.39, 0.29) is 0 Å². The van der Waals surface area contributed by atoms with E-state index in [9.17, 15) is 4.79 Å². The highest BCUT2D eigenvalue weighted by Crippen LogP contribution is 2.15. The molecule has 2 rings (SSSR count). The Morgan fingerprint density at radius 2 is 2.23 bits per heavy atom. The first kappa shape index (κ1) is 7.86. The molecule has 3 heteroatoms. The highest BCUT2D eigenvalue weighted by Gasteiger charge is 2.01. The van der Waals surface area contributed by atoms with Crippen molar-refractivity contribution in [1.82, 2.24) is 9.97 Å². The van der Waals surface area contributed by atoms with Gasteiger partial charge in [0, 0.05) is 17.1 Å². The van der Waals surface area contributed by atoms with Crippen molar-refractivity contribution in [2.45, 2.75) is 6.92 Å². The SMILES string of the molecule is Cc1cc(C=O)c2ncncc2c1. The number of rotatable bonds is 1. The first-order valence-corrected chi connectivity index (χ1v) is 3.97. The van der Waals surface area contributed by atoms with Gasteiger partial charge >= 0.3 is 0 Å². The maximum Gasteiger partial charge on any atom is 0.152 e. The molecule has 1 aromatic heterocycles. The van der Waals surface area contributed by atoms with Gasteiger partial charge in [0.2, 0.25) is 0 Å². The number of aromatic nitrogens is 2. The molecule has 0 fully saturated rings. The van der Waals surface area contributed by atoms with Crippen LogP contribution in [0.5, 0.6) is 0 Å². The quantitative estimate of drug-likeness (QED) is 0.615. The predicted molar refractivity (Wildman–Crippen MR) is 49.7 cm³/mol. The van der Waals surface area contributed by atoms with E-state index < -0.39 is 0 Å². The third-order valence-corrected chi connectivity index (χ3v) is 1.91. The summed E-state index contributed by atoms with van der Waals surface area (Å²) in [5, 5.41) is 0.907. The maximum atomic E-state index is 10.7. The minimum Gasteiger partial charge on any atom is -0.298 e. The second-order valence-corrected chi connectivity index (χ2v) is 2.93. The summed E-state index contributed by atoms with van der Waals surface area (Å²) in [6, 6.07) is 3.78. The third-order valence-electron chi connectivity index (χ3n) is 1.91. The number of benzene rings is 1. The summed E-state index contributed by atoms with van der Waals surface area (Å²) < 4.78 is 0. The normalized spacial score (nSPS) is 10.2. The minimum absolute atomic E-state index is 0.623. The van der Waals surface area contributed by atoms with Gasteiger partial charge in [-0.25, -0.2) is 9.97 Å². The molecular weight excluding hydrogens is 164 g/mol. The van der Waals surface area contributed by atoms with Gasteiger partial charge in [0.25, 0.3) is 0 Å². The molecule has 0 aliphatic heterocycles. The van der Waals surface area contributed by atoms with E-state index in [1.54, 1.807) is 6.20 Å². The Morgan fingerprint density at radius 3 is 3.00 bits per heavy atom. The smallest absolute Gasteiger partial charge is 0.152 e. The predicted octanol–water partition coefficient (Wildman–Crippen LogP) is 1.75. The monoisotopic (exact) mass is 172 g/mol. The van der Waals surface area contributed by atoms with Crippen LogP contribution in [0.1, 0.15) is 15.9 Å². The standard InChI is InChI=1S/C10H8N2O/c1-7-2-8-4-11-6-12-10(8)9(3-7)5-13/h2-6H,1H3. The van der Waals surface area contributed by atoms with Crippen LogP contribution in [0.2, 0.25) is 0 Å². The van der Waals surface area contributed by atoms with Crippen molar-refractivity contribution in [3.8, 4) is 0 Å². The lowest BCUT2D eigenvalue weighted by molar-refractivity contribution is 0.112. The zero-order valence-corrected chi connectivity index (χ0v) is 7.19. The fourth-order valence-electron chi connectivity index (χ4n) is 1.38. The molecule has 0 unspecified atom stereocenters. The Labute approximate surface area is 75.4 Å². The zero-order valence-electron chi connectivity index (χ0n) is 7.19. The van der Waals surface area contributed by atoms with Crippen molar-refractivity contribution < 1.29 is 4.79 Å². The average molecular weight is 172 g/mol. The Hall–Kier alpha value is -1.77. The molecule has 1 heterocycles. The Balaban J connectivity index is 2.89. The molecule has 0 spiro atoms. The summed E-state index contributed by atoms with van der Waals surface area (Å²) in [7, 11) is 0. The molecule has 0 aliphatic carbocycles. The number of nitrogens with zero attached hydrogens (tertiary/aromatic N) is 2. The second kappa shape index (κ2) is 2.94. The second-order valence-electron chi connectivity index (χ2n) is 2.93. The Morgan fingerprint density at radius 1 is 1.38 bits per heavy atom. The molecule has 0 saturated carbocycles. The number of aryl methyl sites for hydroxylation is 1. The number of fused-ring (bicyclic) bond motifs is 1. The molecule has 3 nitrogen and oxygen atoms in total. The summed E-state index contributed by atoms with van der Waals surface area (Å²) in [4.78, 5) is 18.7. The summed E-state index contributed by atoms with van der Waals surface area (Å²) in [6.07, 6.45) is 3.98. The lowest BCUT2D eigenvalue weighted by Gasteiger charge is -2.00. The fourth-order valence-corrected chi connectivity index (χ4v) is 1.38. The van der Waals surface area contributed by atoms with Crippen LogP contribution in [0.25, 0.3) is 10.9 Å². The molecule has 2 aromatic rings. The Bertz CT molecular complexity index is 465. The van der Waals surface area contributed by atoms with Gasteiger partial charge in [0.1, 0.15) is 6.33 Å². The summed E-state index contributed by atoms with van der Waals surface area (Å²) in [6.45, 7) is 1.94. The highest BCUT2D eigenvalue weighted by molar-refractivity contribution is 5.95. The molecule has 0 N–H and O–H groups in total. The molecule has 0 saturated heterocycles. The van der Waals surface area contributed by atoms with Crippen LogP contribution in [-0.2, 0) is 0 Å². The highest BCUT2D eigenvalue weighted by atomic mass is 16.1. The number of carbonyl (C=O) groups is 1.